The molecule has 2 aromatic heterocycles. The zero-order valence-electron chi connectivity index (χ0n) is 13.4. The summed E-state index contributed by atoms with van der Waals surface area (Å²) in [4.78, 5) is 24.8. The van der Waals surface area contributed by atoms with Crippen LogP contribution in [0.5, 0.6) is 5.75 Å². The third kappa shape index (κ3) is 3.24. The van der Waals surface area contributed by atoms with Crippen LogP contribution in [0.1, 0.15) is 27.9 Å². The lowest BCUT2D eigenvalue weighted by atomic mass is 10.1. The van der Waals surface area contributed by atoms with Gasteiger partial charge in [-0.25, -0.2) is 9.97 Å². The Kier molecular flexibility index (Phi) is 4.51. The van der Waals surface area contributed by atoms with E-state index in [1.54, 1.807) is 13.3 Å². The SMILES string of the molecule is COc1ccc([C@@H](NC(=O)c2cnccn2)c2nccn2C)cc1. The van der Waals surface area contributed by atoms with Crippen molar-refractivity contribution in [3.05, 3.63) is 72.3 Å². The Morgan fingerprint density at radius 2 is 1.96 bits per heavy atom. The fourth-order valence-electron chi connectivity index (χ4n) is 2.37. The van der Waals surface area contributed by atoms with Crippen LogP contribution in [0.3, 0.4) is 0 Å². The Balaban J connectivity index is 1.93. The van der Waals surface area contributed by atoms with Crippen molar-refractivity contribution in [3.8, 4) is 5.75 Å². The van der Waals surface area contributed by atoms with Gasteiger partial charge in [0.05, 0.1) is 13.3 Å². The van der Waals surface area contributed by atoms with Gasteiger partial charge in [-0.05, 0) is 17.7 Å². The summed E-state index contributed by atoms with van der Waals surface area (Å²) in [6.45, 7) is 0. The highest BCUT2D eigenvalue weighted by Gasteiger charge is 2.22. The van der Waals surface area contributed by atoms with E-state index in [0.29, 0.717) is 0 Å². The monoisotopic (exact) mass is 323 g/mol. The van der Waals surface area contributed by atoms with E-state index < -0.39 is 6.04 Å². The summed E-state index contributed by atoms with van der Waals surface area (Å²) in [5.41, 5.74) is 1.15. The fourth-order valence-corrected chi connectivity index (χ4v) is 2.37. The van der Waals surface area contributed by atoms with Crippen LogP contribution in [0.2, 0.25) is 0 Å². The second kappa shape index (κ2) is 6.91. The molecule has 122 valence electrons. The fraction of sp³-hybridized carbons (Fsp3) is 0.176. The predicted octanol–water partition coefficient (Wildman–Crippen LogP) is 1.74. The van der Waals surface area contributed by atoms with Crippen LogP contribution in [-0.2, 0) is 7.05 Å². The molecule has 3 aromatic rings. The normalized spacial score (nSPS) is 11.8. The van der Waals surface area contributed by atoms with Crippen LogP contribution in [0.15, 0.2) is 55.2 Å². The van der Waals surface area contributed by atoms with Gasteiger partial charge in [-0.15, -0.1) is 0 Å². The molecule has 0 unspecified atom stereocenters. The van der Waals surface area contributed by atoms with E-state index in [1.165, 1.54) is 18.6 Å². The van der Waals surface area contributed by atoms with E-state index in [2.05, 4.69) is 20.3 Å². The quantitative estimate of drug-likeness (QED) is 0.773. The van der Waals surface area contributed by atoms with Crippen LogP contribution in [0, 0.1) is 0 Å². The van der Waals surface area contributed by atoms with Gasteiger partial charge in [-0.2, -0.15) is 0 Å². The third-order valence-corrected chi connectivity index (χ3v) is 3.64. The Labute approximate surface area is 139 Å². The summed E-state index contributed by atoms with van der Waals surface area (Å²) in [6.07, 6.45) is 7.97. The summed E-state index contributed by atoms with van der Waals surface area (Å²) in [5.74, 6) is 1.15. The highest BCUT2D eigenvalue weighted by Crippen LogP contribution is 2.23. The number of rotatable bonds is 5. The maximum Gasteiger partial charge on any atom is 0.272 e. The van der Waals surface area contributed by atoms with Gasteiger partial charge in [0.25, 0.3) is 5.91 Å². The smallest absolute Gasteiger partial charge is 0.272 e. The Morgan fingerprint density at radius 1 is 1.17 bits per heavy atom. The molecule has 24 heavy (non-hydrogen) atoms. The van der Waals surface area contributed by atoms with Gasteiger partial charge in [0.1, 0.15) is 23.3 Å². The standard InChI is InChI=1S/C17H17N5O2/c1-22-10-9-20-16(22)15(12-3-5-13(24-2)6-4-12)21-17(23)14-11-18-7-8-19-14/h3-11,15H,1-2H3,(H,21,23)/t15-/m1/s1. The van der Waals surface area contributed by atoms with Crippen LogP contribution in [0.25, 0.3) is 0 Å². The minimum atomic E-state index is -0.412. The molecule has 1 amide bonds. The van der Waals surface area contributed by atoms with Crippen LogP contribution < -0.4 is 10.1 Å². The van der Waals surface area contributed by atoms with E-state index in [-0.39, 0.29) is 11.6 Å². The summed E-state index contributed by atoms with van der Waals surface area (Å²) >= 11 is 0. The van der Waals surface area contributed by atoms with Crippen molar-refractivity contribution in [2.75, 3.05) is 7.11 Å². The van der Waals surface area contributed by atoms with Crippen molar-refractivity contribution in [1.82, 2.24) is 24.8 Å². The first-order valence-corrected chi connectivity index (χ1v) is 7.37. The lowest BCUT2D eigenvalue weighted by molar-refractivity contribution is 0.0935. The van der Waals surface area contributed by atoms with E-state index >= 15 is 0 Å². The molecule has 0 fully saturated rings. The lowest BCUT2D eigenvalue weighted by Crippen LogP contribution is -2.31. The molecule has 0 spiro atoms. The first-order chi connectivity index (χ1) is 11.7. The Morgan fingerprint density at radius 3 is 2.54 bits per heavy atom. The van der Waals surface area contributed by atoms with E-state index in [1.807, 2.05) is 42.1 Å². The lowest BCUT2D eigenvalue weighted by Gasteiger charge is -2.19. The Hall–Kier alpha value is -3.22. The summed E-state index contributed by atoms with van der Waals surface area (Å²) in [6, 6.07) is 7.08. The van der Waals surface area contributed by atoms with Crippen LogP contribution in [-0.4, -0.2) is 32.5 Å². The van der Waals surface area contributed by atoms with Crippen LogP contribution in [0.4, 0.5) is 0 Å². The van der Waals surface area contributed by atoms with E-state index in [9.17, 15) is 4.79 Å². The molecule has 1 N–H and O–H groups in total. The molecule has 0 saturated carbocycles. The second-order valence-electron chi connectivity index (χ2n) is 5.17. The van der Waals surface area contributed by atoms with Gasteiger partial charge in [-0.1, -0.05) is 12.1 Å². The first-order valence-electron chi connectivity index (χ1n) is 7.37. The minimum Gasteiger partial charge on any atom is -0.497 e. The van der Waals surface area contributed by atoms with Crippen LogP contribution >= 0.6 is 0 Å². The number of amides is 1. The number of imidazole rings is 1. The van der Waals surface area contributed by atoms with Gasteiger partial charge in [0, 0.05) is 31.8 Å². The van der Waals surface area contributed by atoms with E-state index in [0.717, 1.165) is 17.1 Å². The summed E-state index contributed by atoms with van der Waals surface area (Å²) in [7, 11) is 3.49. The summed E-state index contributed by atoms with van der Waals surface area (Å²) in [5, 5.41) is 2.96. The zero-order chi connectivity index (χ0) is 16.9. The van der Waals surface area contributed by atoms with Crippen molar-refractivity contribution in [2.24, 2.45) is 7.05 Å². The molecular weight excluding hydrogens is 306 g/mol. The largest absolute Gasteiger partial charge is 0.497 e. The molecule has 1 atom stereocenters. The van der Waals surface area contributed by atoms with E-state index in [4.69, 9.17) is 4.74 Å². The number of aromatic nitrogens is 4. The minimum absolute atomic E-state index is 0.255. The number of carbonyl (C=O) groups excluding carboxylic acids is 1. The molecular formula is C17H17N5O2. The average Bonchev–Trinajstić information content (AvgIpc) is 3.06. The highest BCUT2D eigenvalue weighted by molar-refractivity contribution is 5.92. The second-order valence-corrected chi connectivity index (χ2v) is 5.17. The molecule has 0 saturated heterocycles. The van der Waals surface area contributed by atoms with Crippen molar-refractivity contribution < 1.29 is 9.53 Å². The van der Waals surface area contributed by atoms with Gasteiger partial charge in [0.2, 0.25) is 0 Å². The van der Waals surface area contributed by atoms with Gasteiger partial charge >= 0.3 is 0 Å². The van der Waals surface area contributed by atoms with Crippen molar-refractivity contribution in [1.29, 1.82) is 0 Å². The number of aryl methyl sites for hydroxylation is 1. The number of ether oxygens (including phenoxy) is 1. The molecule has 2 heterocycles. The van der Waals surface area contributed by atoms with Crippen molar-refractivity contribution >= 4 is 5.91 Å². The van der Waals surface area contributed by atoms with Crippen molar-refractivity contribution in [2.45, 2.75) is 6.04 Å². The molecule has 1 aromatic carbocycles. The van der Waals surface area contributed by atoms with Crippen molar-refractivity contribution in [3.63, 3.8) is 0 Å². The molecule has 0 aliphatic rings. The predicted molar refractivity (Wildman–Crippen MR) is 87.5 cm³/mol. The maximum absolute atomic E-state index is 12.5. The molecule has 7 nitrogen and oxygen atoms in total. The number of hydrogen-bond donors (Lipinski definition) is 1. The van der Waals surface area contributed by atoms with Gasteiger partial charge in [-0.3, -0.25) is 9.78 Å². The number of hydrogen-bond acceptors (Lipinski definition) is 5. The summed E-state index contributed by atoms with van der Waals surface area (Å²) < 4.78 is 7.05. The number of nitrogens with zero attached hydrogens (tertiary/aromatic N) is 4. The number of methoxy groups -OCH3 is 1. The third-order valence-electron chi connectivity index (χ3n) is 3.64. The number of benzene rings is 1. The zero-order valence-corrected chi connectivity index (χ0v) is 13.4. The molecule has 0 bridgehead atoms. The molecule has 0 aliphatic heterocycles. The first kappa shape index (κ1) is 15.7. The molecule has 7 heteroatoms. The molecule has 3 rings (SSSR count). The number of carbonyl (C=O) groups is 1. The average molecular weight is 323 g/mol. The highest BCUT2D eigenvalue weighted by atomic mass is 16.5. The van der Waals surface area contributed by atoms with Gasteiger partial charge < -0.3 is 14.6 Å². The maximum atomic E-state index is 12.5. The topological polar surface area (TPSA) is 81.9 Å². The number of nitrogens with one attached hydrogen (secondary N) is 1. The van der Waals surface area contributed by atoms with Gasteiger partial charge in [0.15, 0.2) is 0 Å². The molecule has 0 aliphatic carbocycles. The Bertz CT molecular complexity index is 815. The molecule has 0 radical (unpaired) electrons.